The van der Waals surface area contributed by atoms with Gasteiger partial charge in [-0.1, -0.05) is 35.9 Å². The molecule has 6 aromatic rings. The largest absolute Gasteiger partial charge is 0.435 e. The van der Waals surface area contributed by atoms with Gasteiger partial charge >= 0.3 is 0 Å². The smallest absolute Gasteiger partial charge is 0.297 e. The monoisotopic (exact) mass is 679 g/mol. The lowest BCUT2D eigenvalue weighted by molar-refractivity contribution is 0.141. The molecule has 2 N–H and O–H groups in total. The number of nitriles is 1. The molecule has 0 bridgehead atoms. The number of hydrogen-bond acceptors (Lipinski definition) is 10. The minimum absolute atomic E-state index is 0.237. The van der Waals surface area contributed by atoms with Crippen LogP contribution >= 0.6 is 11.6 Å². The van der Waals surface area contributed by atoms with Crippen molar-refractivity contribution in [3.8, 4) is 28.7 Å². The van der Waals surface area contributed by atoms with E-state index in [1.165, 1.54) is 0 Å². The quantitative estimate of drug-likeness (QED) is 0.187. The van der Waals surface area contributed by atoms with Gasteiger partial charge in [0.05, 0.1) is 34.4 Å². The third kappa shape index (κ3) is 5.54. The fourth-order valence-electron chi connectivity index (χ4n) is 6.84. The third-order valence-electron chi connectivity index (χ3n) is 9.10. The molecule has 0 radical (unpaired) electrons. The van der Waals surface area contributed by atoms with Crippen LogP contribution in [-0.2, 0) is 19.6 Å². The van der Waals surface area contributed by atoms with E-state index < -0.39 is 12.2 Å². The van der Waals surface area contributed by atoms with Gasteiger partial charge in [0.15, 0.2) is 17.2 Å². The minimum atomic E-state index is -2.87. The van der Waals surface area contributed by atoms with Gasteiger partial charge in [0.1, 0.15) is 17.1 Å². The van der Waals surface area contributed by atoms with Crippen LogP contribution in [0, 0.1) is 11.3 Å². The number of hydrogen-bond donors (Lipinski definition) is 2. The molecule has 0 spiro atoms. The number of nitrogens with zero attached hydrogens (tertiary/aromatic N) is 7. The standard InChI is InChI=1S/C36H28ClF2N7O3/c37-30-25(4-1-5-26(30)36-43-28-12-19(18-47)11-21(14-40)32(28)49-36)23-3-2-6-29-24(23)8-10-46(29)35-31-27(42-34(44-35)33(38)39)13-20(15-41-31)16-45-9-7-22(48)17-45/h1-6,11-13,15,22,33,47-48H,7-10,16-18H2/t22-/m1/s1. The van der Waals surface area contributed by atoms with E-state index in [0.717, 1.165) is 34.5 Å². The molecule has 13 heteroatoms. The number of aromatic nitrogens is 4. The van der Waals surface area contributed by atoms with Gasteiger partial charge in [-0.25, -0.2) is 23.7 Å². The maximum Gasteiger partial charge on any atom is 0.297 e. The second-order valence-electron chi connectivity index (χ2n) is 12.2. The van der Waals surface area contributed by atoms with E-state index in [2.05, 4.69) is 30.9 Å². The Hall–Kier alpha value is -5.06. The van der Waals surface area contributed by atoms with Crippen molar-refractivity contribution in [2.24, 2.45) is 0 Å². The van der Waals surface area contributed by atoms with E-state index in [0.29, 0.717) is 76.6 Å². The summed E-state index contributed by atoms with van der Waals surface area (Å²) in [6.07, 6.45) is -0.236. The summed E-state index contributed by atoms with van der Waals surface area (Å²) < 4.78 is 34.3. The van der Waals surface area contributed by atoms with Gasteiger partial charge < -0.3 is 19.5 Å². The van der Waals surface area contributed by atoms with Crippen molar-refractivity contribution in [3.63, 3.8) is 0 Å². The van der Waals surface area contributed by atoms with Gasteiger partial charge in [-0.15, -0.1) is 0 Å². The molecule has 49 heavy (non-hydrogen) atoms. The van der Waals surface area contributed by atoms with Crippen molar-refractivity contribution in [1.82, 2.24) is 24.8 Å². The molecule has 0 saturated carbocycles. The molecule has 246 valence electrons. The van der Waals surface area contributed by atoms with E-state index in [-0.39, 0.29) is 24.2 Å². The first-order valence-corrected chi connectivity index (χ1v) is 16.2. The molecule has 0 aliphatic carbocycles. The molecule has 1 atom stereocenters. The number of aliphatic hydroxyl groups excluding tert-OH is 2. The molecule has 0 unspecified atom stereocenters. The summed E-state index contributed by atoms with van der Waals surface area (Å²) in [6.45, 7) is 2.07. The van der Waals surface area contributed by atoms with E-state index in [9.17, 15) is 24.3 Å². The Morgan fingerprint density at radius 3 is 2.57 bits per heavy atom. The SMILES string of the molecule is N#Cc1cc(CO)cc2nc(-c3cccc(-c4cccc5c4CCN5c4nc(C(F)F)nc5cc(CN6CC[C@@H](O)C6)cnc45)c3Cl)oc12. The van der Waals surface area contributed by atoms with Crippen molar-refractivity contribution in [2.75, 3.05) is 24.5 Å². The predicted molar refractivity (Wildman–Crippen MR) is 179 cm³/mol. The lowest BCUT2D eigenvalue weighted by atomic mass is 9.96. The average molecular weight is 680 g/mol. The van der Waals surface area contributed by atoms with E-state index in [4.69, 9.17) is 16.0 Å². The lowest BCUT2D eigenvalue weighted by Gasteiger charge is -2.21. The van der Waals surface area contributed by atoms with E-state index >= 15 is 0 Å². The van der Waals surface area contributed by atoms with Crippen molar-refractivity contribution >= 4 is 45.2 Å². The first-order chi connectivity index (χ1) is 23.8. The fraction of sp³-hybridized carbons (Fsp3) is 0.250. The van der Waals surface area contributed by atoms with Crippen LogP contribution in [0.5, 0.6) is 0 Å². The van der Waals surface area contributed by atoms with Crippen LogP contribution in [0.2, 0.25) is 5.02 Å². The van der Waals surface area contributed by atoms with Crippen molar-refractivity contribution in [3.05, 3.63) is 93.9 Å². The first kappa shape index (κ1) is 31.2. The molecular formula is C36H28ClF2N7O3. The van der Waals surface area contributed by atoms with Crippen LogP contribution in [-0.4, -0.2) is 60.8 Å². The predicted octanol–water partition coefficient (Wildman–Crippen LogP) is 6.72. The van der Waals surface area contributed by atoms with Crippen LogP contribution in [0.15, 0.2) is 65.2 Å². The summed E-state index contributed by atoms with van der Waals surface area (Å²) in [4.78, 5) is 21.8. The number of anilines is 2. The Balaban J connectivity index is 1.18. The van der Waals surface area contributed by atoms with Crippen LogP contribution in [0.25, 0.3) is 44.7 Å². The molecule has 3 aromatic carbocycles. The zero-order chi connectivity index (χ0) is 33.8. The summed E-state index contributed by atoms with van der Waals surface area (Å²) in [5.41, 5.74) is 7.02. The fourth-order valence-corrected chi connectivity index (χ4v) is 7.15. The number of benzene rings is 3. The maximum atomic E-state index is 14.1. The number of pyridine rings is 1. The molecule has 1 fully saturated rings. The third-order valence-corrected chi connectivity index (χ3v) is 9.50. The molecular weight excluding hydrogens is 652 g/mol. The molecule has 3 aromatic heterocycles. The van der Waals surface area contributed by atoms with Gasteiger partial charge in [-0.3, -0.25) is 9.88 Å². The number of oxazole rings is 1. The number of halogens is 3. The topological polar surface area (TPSA) is 135 Å². The van der Waals surface area contributed by atoms with Crippen LogP contribution < -0.4 is 4.90 Å². The number of fused-ring (bicyclic) bond motifs is 3. The number of alkyl halides is 2. The van der Waals surface area contributed by atoms with Gasteiger partial charge in [0, 0.05) is 43.6 Å². The normalized spacial score (nSPS) is 16.3. The van der Waals surface area contributed by atoms with Gasteiger partial charge in [0.25, 0.3) is 6.43 Å². The molecule has 0 amide bonds. The number of rotatable bonds is 7. The highest BCUT2D eigenvalue weighted by Crippen LogP contribution is 2.45. The van der Waals surface area contributed by atoms with Crippen LogP contribution in [0.4, 0.5) is 20.3 Å². The summed E-state index contributed by atoms with van der Waals surface area (Å²) >= 11 is 7.06. The Morgan fingerprint density at radius 1 is 1.00 bits per heavy atom. The lowest BCUT2D eigenvalue weighted by Crippen LogP contribution is -2.21. The number of aliphatic hydroxyl groups is 2. The Morgan fingerprint density at radius 2 is 1.80 bits per heavy atom. The minimum Gasteiger partial charge on any atom is -0.435 e. The molecule has 1 saturated heterocycles. The summed E-state index contributed by atoms with van der Waals surface area (Å²) in [6, 6.07) is 18.4. The average Bonchev–Trinajstić information content (AvgIpc) is 3.85. The molecule has 8 rings (SSSR count). The van der Waals surface area contributed by atoms with Gasteiger partial charge in [-0.05, 0) is 65.4 Å². The highest BCUT2D eigenvalue weighted by atomic mass is 35.5. The second kappa shape index (κ2) is 12.4. The Bertz CT molecular complexity index is 2310. The van der Waals surface area contributed by atoms with Crippen molar-refractivity contribution in [2.45, 2.75) is 38.5 Å². The number of likely N-dealkylation sites (tertiary alicyclic amines) is 1. The molecule has 2 aliphatic heterocycles. The zero-order valence-corrected chi connectivity index (χ0v) is 26.7. The highest BCUT2D eigenvalue weighted by Gasteiger charge is 2.29. The molecule has 2 aliphatic rings. The van der Waals surface area contributed by atoms with Crippen LogP contribution in [0.3, 0.4) is 0 Å². The Kier molecular flexibility index (Phi) is 7.92. The zero-order valence-electron chi connectivity index (χ0n) is 25.9. The van der Waals surface area contributed by atoms with Crippen LogP contribution in [0.1, 0.15) is 40.9 Å². The maximum absolute atomic E-state index is 14.1. The molecule has 5 heterocycles. The van der Waals surface area contributed by atoms with E-state index in [1.807, 2.05) is 35.2 Å². The van der Waals surface area contributed by atoms with Gasteiger partial charge in [-0.2, -0.15) is 5.26 Å². The van der Waals surface area contributed by atoms with E-state index in [1.54, 1.807) is 30.5 Å². The first-order valence-electron chi connectivity index (χ1n) is 15.8. The van der Waals surface area contributed by atoms with Crippen molar-refractivity contribution < 1.29 is 23.4 Å². The summed E-state index contributed by atoms with van der Waals surface area (Å²) in [7, 11) is 0. The summed E-state index contributed by atoms with van der Waals surface area (Å²) in [5, 5.41) is 29.6. The Labute approximate surface area is 283 Å². The summed E-state index contributed by atoms with van der Waals surface area (Å²) in [5.74, 6) is -0.0235. The highest BCUT2D eigenvalue weighted by molar-refractivity contribution is 6.36. The molecule has 10 nitrogen and oxygen atoms in total. The van der Waals surface area contributed by atoms with Crippen molar-refractivity contribution in [1.29, 1.82) is 5.26 Å². The number of β-amino-alcohol motifs (C(OH)–C–C–N with tert-alkyl or cyclic N) is 1. The van der Waals surface area contributed by atoms with Gasteiger partial charge in [0.2, 0.25) is 5.89 Å². The second-order valence-corrected chi connectivity index (χ2v) is 12.6.